The van der Waals surface area contributed by atoms with E-state index in [4.69, 9.17) is 13.9 Å². The van der Waals surface area contributed by atoms with Crippen LogP contribution in [0.3, 0.4) is 0 Å². The van der Waals surface area contributed by atoms with Crippen molar-refractivity contribution in [2.45, 2.75) is 64.1 Å². The molecule has 5 heteroatoms. The van der Waals surface area contributed by atoms with Crippen molar-refractivity contribution in [3.63, 3.8) is 0 Å². The van der Waals surface area contributed by atoms with E-state index in [9.17, 15) is 4.79 Å². The Labute approximate surface area is 153 Å². The van der Waals surface area contributed by atoms with Gasteiger partial charge in [-0.3, -0.25) is 0 Å². The summed E-state index contributed by atoms with van der Waals surface area (Å²) in [7, 11) is -1.70. The molecule has 1 saturated heterocycles. The first kappa shape index (κ1) is 20.3. The largest absolute Gasteiger partial charge is 0.417 e. The van der Waals surface area contributed by atoms with Crippen LogP contribution in [0, 0.1) is 5.92 Å². The van der Waals surface area contributed by atoms with Crippen molar-refractivity contribution in [2.24, 2.45) is 5.92 Å². The molecule has 3 atom stereocenters. The molecule has 1 aliphatic rings. The van der Waals surface area contributed by atoms with Gasteiger partial charge in [-0.05, 0) is 31.0 Å². The second-order valence-electron chi connectivity index (χ2n) is 8.32. The summed E-state index contributed by atoms with van der Waals surface area (Å²) in [5.74, 6) is 0.0977. The van der Waals surface area contributed by atoms with Crippen LogP contribution in [-0.4, -0.2) is 33.9 Å². The summed E-state index contributed by atoms with van der Waals surface area (Å²) >= 11 is 0. The number of hydrogen-bond acceptors (Lipinski definition) is 4. The molecule has 1 heterocycles. The molecule has 25 heavy (non-hydrogen) atoms. The van der Waals surface area contributed by atoms with E-state index in [0.29, 0.717) is 6.61 Å². The smallest absolute Gasteiger partial charge is 0.191 e. The number of benzene rings is 1. The van der Waals surface area contributed by atoms with Crippen LogP contribution < -0.4 is 0 Å². The zero-order valence-electron chi connectivity index (χ0n) is 16.2. The lowest BCUT2D eigenvalue weighted by Gasteiger charge is -2.37. The van der Waals surface area contributed by atoms with Gasteiger partial charge in [-0.1, -0.05) is 51.1 Å². The Morgan fingerprint density at radius 3 is 2.52 bits per heavy atom. The average Bonchev–Trinajstić information content (AvgIpc) is 2.58. The van der Waals surface area contributed by atoms with Gasteiger partial charge >= 0.3 is 0 Å². The molecule has 0 radical (unpaired) electrons. The zero-order valence-corrected chi connectivity index (χ0v) is 17.2. The number of hydrogen-bond donors (Lipinski definition) is 0. The minimum absolute atomic E-state index is 0.0977. The topological polar surface area (TPSA) is 44.8 Å². The van der Waals surface area contributed by atoms with Gasteiger partial charge in [-0.25, -0.2) is 0 Å². The van der Waals surface area contributed by atoms with Crippen LogP contribution >= 0.6 is 0 Å². The summed E-state index contributed by atoms with van der Waals surface area (Å²) in [6.07, 6.45) is 1.85. The lowest BCUT2D eigenvalue weighted by Crippen LogP contribution is -2.41. The molecule has 140 valence electrons. The van der Waals surface area contributed by atoms with Crippen LogP contribution in [-0.2, 0) is 18.7 Å². The average molecular weight is 365 g/mol. The van der Waals surface area contributed by atoms with Gasteiger partial charge in [-0.15, -0.1) is 0 Å². The highest BCUT2D eigenvalue weighted by atomic mass is 28.4. The van der Waals surface area contributed by atoms with Crippen LogP contribution in [0.5, 0.6) is 0 Å². The third-order valence-electron chi connectivity index (χ3n) is 5.40. The predicted molar refractivity (Wildman–Crippen MR) is 102 cm³/mol. The summed E-state index contributed by atoms with van der Waals surface area (Å²) in [5.41, 5.74) is 0.953. The lowest BCUT2D eigenvalue weighted by molar-refractivity contribution is -0.233. The molecule has 1 fully saturated rings. The van der Waals surface area contributed by atoms with E-state index in [1.807, 2.05) is 30.3 Å². The van der Waals surface area contributed by atoms with Gasteiger partial charge in [0.05, 0.1) is 6.61 Å². The van der Waals surface area contributed by atoms with E-state index in [1.165, 1.54) is 0 Å². The van der Waals surface area contributed by atoms with Crippen molar-refractivity contribution in [3.05, 3.63) is 35.9 Å². The van der Waals surface area contributed by atoms with Crippen molar-refractivity contribution < 1.29 is 18.7 Å². The van der Waals surface area contributed by atoms with Crippen LogP contribution in [0.4, 0.5) is 0 Å². The Morgan fingerprint density at radius 2 is 1.92 bits per heavy atom. The van der Waals surface area contributed by atoms with Gasteiger partial charge < -0.3 is 18.7 Å². The number of aldehydes is 1. The van der Waals surface area contributed by atoms with E-state index in [-0.39, 0.29) is 11.0 Å². The highest BCUT2D eigenvalue weighted by Crippen LogP contribution is 2.37. The van der Waals surface area contributed by atoms with Crippen molar-refractivity contribution in [3.8, 4) is 0 Å². The molecule has 1 aromatic rings. The number of carbonyl (C=O) groups is 1. The minimum Gasteiger partial charge on any atom is -0.417 e. The lowest BCUT2D eigenvalue weighted by atomic mass is 9.97. The normalized spacial score (nSPS) is 24.9. The maximum absolute atomic E-state index is 11.5. The molecule has 0 spiro atoms. The summed E-state index contributed by atoms with van der Waals surface area (Å²) < 4.78 is 17.9. The molecule has 0 N–H and O–H groups in total. The van der Waals surface area contributed by atoms with Crippen LogP contribution in [0.15, 0.2) is 30.3 Å². The molecule has 0 unspecified atom stereocenters. The van der Waals surface area contributed by atoms with E-state index in [2.05, 4.69) is 33.9 Å². The highest BCUT2D eigenvalue weighted by Gasteiger charge is 2.37. The van der Waals surface area contributed by atoms with Crippen molar-refractivity contribution in [2.75, 3.05) is 13.2 Å². The predicted octanol–water partition coefficient (Wildman–Crippen LogP) is 4.72. The maximum Gasteiger partial charge on any atom is 0.191 e. The summed E-state index contributed by atoms with van der Waals surface area (Å²) in [5, 5.41) is 0.221. The quantitative estimate of drug-likeness (QED) is 0.399. The number of carbonyl (C=O) groups excluding carboxylic acids is 1. The summed E-state index contributed by atoms with van der Waals surface area (Å²) in [6.45, 7) is 12.5. The molecule has 0 aliphatic carbocycles. The Kier molecular flexibility index (Phi) is 6.97. The first-order chi connectivity index (χ1) is 11.7. The first-order valence-electron chi connectivity index (χ1n) is 9.16. The van der Waals surface area contributed by atoms with Gasteiger partial charge in [-0.2, -0.15) is 0 Å². The Bertz CT molecular complexity index is 538. The van der Waals surface area contributed by atoms with Gasteiger partial charge in [0.25, 0.3) is 0 Å². The van der Waals surface area contributed by atoms with E-state index < -0.39 is 20.7 Å². The fourth-order valence-electron chi connectivity index (χ4n) is 2.66. The van der Waals surface area contributed by atoms with Crippen molar-refractivity contribution in [1.82, 2.24) is 0 Å². The molecular weight excluding hydrogens is 332 g/mol. The van der Waals surface area contributed by atoms with E-state index in [1.54, 1.807) is 0 Å². The number of ether oxygens (including phenoxy) is 2. The molecule has 0 amide bonds. The molecule has 0 bridgehead atoms. The zero-order chi connectivity index (χ0) is 18.5. The third kappa shape index (κ3) is 5.48. The highest BCUT2D eigenvalue weighted by molar-refractivity contribution is 6.74. The fraction of sp³-hybridized carbons (Fsp3) is 0.650. The van der Waals surface area contributed by atoms with E-state index in [0.717, 1.165) is 31.3 Å². The fourth-order valence-corrected chi connectivity index (χ4v) is 3.75. The Balaban J connectivity index is 1.81. The summed E-state index contributed by atoms with van der Waals surface area (Å²) in [4.78, 5) is 11.5. The monoisotopic (exact) mass is 364 g/mol. The molecule has 1 aromatic carbocycles. The second-order valence-corrected chi connectivity index (χ2v) is 13.1. The third-order valence-corrected chi connectivity index (χ3v) is 9.94. The van der Waals surface area contributed by atoms with Crippen LogP contribution in [0.2, 0.25) is 18.1 Å². The molecule has 4 nitrogen and oxygen atoms in total. The van der Waals surface area contributed by atoms with Crippen LogP contribution in [0.25, 0.3) is 0 Å². The van der Waals surface area contributed by atoms with Gasteiger partial charge in [0.2, 0.25) is 0 Å². The standard InChI is InChI=1S/C20H32O4Si/c1-20(2,3)25(4,5)23-13-9-12-17-15-22-19(24-18(17)14-21)16-10-7-6-8-11-16/h6-8,10-11,14,17-19H,9,12-13,15H2,1-5H3/t17-,18+,19-/m1/s1. The molecule has 0 saturated carbocycles. The van der Waals surface area contributed by atoms with Crippen molar-refractivity contribution >= 4 is 14.6 Å². The summed E-state index contributed by atoms with van der Waals surface area (Å²) in [6, 6.07) is 9.76. The van der Waals surface area contributed by atoms with Gasteiger partial charge in [0.15, 0.2) is 14.6 Å². The van der Waals surface area contributed by atoms with Gasteiger partial charge in [0.1, 0.15) is 12.4 Å². The molecule has 1 aliphatic heterocycles. The van der Waals surface area contributed by atoms with E-state index >= 15 is 0 Å². The first-order valence-corrected chi connectivity index (χ1v) is 12.1. The minimum atomic E-state index is -1.70. The molecule has 2 rings (SSSR count). The Hall–Kier alpha value is -1.01. The van der Waals surface area contributed by atoms with Crippen molar-refractivity contribution in [1.29, 1.82) is 0 Å². The van der Waals surface area contributed by atoms with Crippen LogP contribution in [0.1, 0.15) is 45.5 Å². The second kappa shape index (κ2) is 8.58. The molecule has 0 aromatic heterocycles. The SMILES string of the molecule is CC(C)(C)[Si](C)(C)OCCC[C@@H]1CO[C@@H](c2ccccc2)O[C@H]1C=O. The number of rotatable bonds is 7. The maximum atomic E-state index is 11.5. The van der Waals surface area contributed by atoms with Gasteiger partial charge in [0, 0.05) is 18.1 Å². The molecular formula is C20H32O4Si. The Morgan fingerprint density at radius 1 is 1.24 bits per heavy atom.